The fraction of sp³-hybridized carbons (Fsp3) is 1.00. The third kappa shape index (κ3) is 6.47. The summed E-state index contributed by atoms with van der Waals surface area (Å²) >= 11 is 0. The van der Waals surface area contributed by atoms with E-state index >= 15 is 0 Å². The number of hydrogen-bond donors (Lipinski definition) is 1. The van der Waals surface area contributed by atoms with Crippen molar-refractivity contribution in [3.8, 4) is 0 Å². The maximum Gasteiger partial charge on any atom is 0.279 e. The van der Waals surface area contributed by atoms with Crippen LogP contribution in [0.15, 0.2) is 0 Å². The first-order chi connectivity index (χ1) is 9.45. The average Bonchev–Trinajstić information content (AvgIpc) is 2.36. The van der Waals surface area contributed by atoms with E-state index in [1.54, 1.807) is 7.11 Å². The summed E-state index contributed by atoms with van der Waals surface area (Å²) < 4.78 is 43.9. The first-order valence-corrected chi connectivity index (χ1v) is 8.36. The Balaban J connectivity index is 2.24. The van der Waals surface area contributed by atoms with Crippen LogP contribution in [0.3, 0.4) is 0 Å². The summed E-state index contributed by atoms with van der Waals surface area (Å²) in [5.41, 5.74) is 0. The van der Waals surface area contributed by atoms with Gasteiger partial charge in [0.2, 0.25) is 0 Å². The van der Waals surface area contributed by atoms with Crippen molar-refractivity contribution in [2.75, 3.05) is 46.6 Å². The summed E-state index contributed by atoms with van der Waals surface area (Å²) in [4.78, 5) is 0. The molecule has 1 saturated heterocycles. The quantitative estimate of drug-likeness (QED) is 0.606. The highest BCUT2D eigenvalue weighted by Gasteiger charge is 2.30. The Labute approximate surface area is 121 Å². The van der Waals surface area contributed by atoms with Crippen molar-refractivity contribution in [2.45, 2.75) is 32.5 Å². The van der Waals surface area contributed by atoms with Crippen LogP contribution in [0.5, 0.6) is 0 Å². The summed E-state index contributed by atoms with van der Waals surface area (Å²) in [6, 6.07) is 0. The largest absolute Gasteiger partial charge is 0.382 e. The summed E-state index contributed by atoms with van der Waals surface area (Å²) in [5.74, 6) is 0. The number of ether oxygens (including phenoxy) is 3. The normalized spacial score (nSPS) is 24.9. The van der Waals surface area contributed by atoms with Crippen molar-refractivity contribution in [3.63, 3.8) is 0 Å². The molecule has 2 atom stereocenters. The zero-order valence-electron chi connectivity index (χ0n) is 12.5. The summed E-state index contributed by atoms with van der Waals surface area (Å²) in [5, 5.41) is 0. The van der Waals surface area contributed by atoms with Gasteiger partial charge in [-0.1, -0.05) is 0 Å². The monoisotopic (exact) mass is 310 g/mol. The highest BCUT2D eigenvalue weighted by Crippen LogP contribution is 2.13. The summed E-state index contributed by atoms with van der Waals surface area (Å²) in [7, 11) is -1.81. The SMILES string of the molecule is COCCOCCCNS(=O)(=O)N1CC(C)OC(C)C1. The lowest BCUT2D eigenvalue weighted by Gasteiger charge is -2.34. The Bertz CT molecular complexity index is 353. The minimum atomic E-state index is -3.42. The molecule has 1 rings (SSSR count). The molecule has 0 aliphatic carbocycles. The van der Waals surface area contributed by atoms with Gasteiger partial charge >= 0.3 is 0 Å². The van der Waals surface area contributed by atoms with E-state index in [0.717, 1.165) is 0 Å². The molecule has 1 N–H and O–H groups in total. The van der Waals surface area contributed by atoms with E-state index in [-0.39, 0.29) is 12.2 Å². The second-order valence-electron chi connectivity index (χ2n) is 4.93. The fourth-order valence-corrected chi connectivity index (χ4v) is 3.44. The fourth-order valence-electron chi connectivity index (χ4n) is 2.04. The van der Waals surface area contributed by atoms with Crippen molar-refractivity contribution in [2.24, 2.45) is 0 Å². The van der Waals surface area contributed by atoms with Crippen LogP contribution >= 0.6 is 0 Å². The molecular weight excluding hydrogens is 284 g/mol. The minimum absolute atomic E-state index is 0.0762. The molecular formula is C12H26N2O5S. The van der Waals surface area contributed by atoms with E-state index in [0.29, 0.717) is 45.9 Å². The van der Waals surface area contributed by atoms with Gasteiger partial charge in [-0.05, 0) is 20.3 Å². The van der Waals surface area contributed by atoms with Gasteiger partial charge in [0.15, 0.2) is 0 Å². The molecule has 0 aromatic carbocycles. The van der Waals surface area contributed by atoms with Gasteiger partial charge < -0.3 is 14.2 Å². The molecule has 0 spiro atoms. The Morgan fingerprint density at radius 1 is 1.20 bits per heavy atom. The molecule has 2 unspecified atom stereocenters. The molecule has 8 heteroatoms. The molecule has 1 aliphatic rings. The van der Waals surface area contributed by atoms with Gasteiger partial charge in [0.25, 0.3) is 10.2 Å². The van der Waals surface area contributed by atoms with Crippen LogP contribution in [-0.2, 0) is 24.4 Å². The van der Waals surface area contributed by atoms with Crippen molar-refractivity contribution < 1.29 is 22.6 Å². The number of hydrogen-bond acceptors (Lipinski definition) is 5. The minimum Gasteiger partial charge on any atom is -0.382 e. The van der Waals surface area contributed by atoms with E-state index in [1.165, 1.54) is 4.31 Å². The van der Waals surface area contributed by atoms with Gasteiger partial charge in [0.1, 0.15) is 0 Å². The van der Waals surface area contributed by atoms with Gasteiger partial charge in [-0.25, -0.2) is 4.72 Å². The lowest BCUT2D eigenvalue weighted by atomic mass is 10.3. The Morgan fingerprint density at radius 3 is 2.45 bits per heavy atom. The van der Waals surface area contributed by atoms with Crippen LogP contribution in [0.25, 0.3) is 0 Å². The highest BCUT2D eigenvalue weighted by atomic mass is 32.2. The molecule has 0 radical (unpaired) electrons. The highest BCUT2D eigenvalue weighted by molar-refractivity contribution is 7.87. The van der Waals surface area contributed by atoms with Crippen LogP contribution < -0.4 is 4.72 Å². The summed E-state index contributed by atoms with van der Waals surface area (Å²) in [6.07, 6.45) is 0.485. The molecule has 120 valence electrons. The second-order valence-corrected chi connectivity index (χ2v) is 6.69. The van der Waals surface area contributed by atoms with Gasteiger partial charge in [0, 0.05) is 33.4 Å². The molecule has 0 amide bonds. The van der Waals surface area contributed by atoms with Gasteiger partial charge in [-0.2, -0.15) is 12.7 Å². The van der Waals surface area contributed by atoms with Crippen LogP contribution in [0.4, 0.5) is 0 Å². The molecule has 1 aliphatic heterocycles. The Morgan fingerprint density at radius 2 is 1.85 bits per heavy atom. The van der Waals surface area contributed by atoms with Crippen molar-refractivity contribution in [1.29, 1.82) is 0 Å². The molecule has 0 saturated carbocycles. The zero-order chi connectivity index (χ0) is 15.0. The third-order valence-electron chi connectivity index (χ3n) is 2.91. The number of nitrogens with one attached hydrogen (secondary N) is 1. The van der Waals surface area contributed by atoms with E-state index in [9.17, 15) is 8.42 Å². The predicted octanol–water partition coefficient (Wildman–Crippen LogP) is -0.0169. The van der Waals surface area contributed by atoms with Crippen LogP contribution in [0, 0.1) is 0 Å². The average molecular weight is 310 g/mol. The Hall–Kier alpha value is -0.250. The molecule has 1 fully saturated rings. The van der Waals surface area contributed by atoms with Crippen molar-refractivity contribution in [3.05, 3.63) is 0 Å². The van der Waals surface area contributed by atoms with Crippen LogP contribution in [-0.4, -0.2) is 71.5 Å². The molecule has 20 heavy (non-hydrogen) atoms. The third-order valence-corrected chi connectivity index (χ3v) is 4.45. The predicted molar refractivity (Wildman–Crippen MR) is 75.8 cm³/mol. The Kier molecular flexibility index (Phi) is 7.93. The first-order valence-electron chi connectivity index (χ1n) is 6.92. The summed E-state index contributed by atoms with van der Waals surface area (Å²) in [6.45, 7) is 6.51. The van der Waals surface area contributed by atoms with E-state index < -0.39 is 10.2 Å². The number of nitrogens with zero attached hydrogens (tertiary/aromatic N) is 1. The number of rotatable bonds is 9. The topological polar surface area (TPSA) is 77.1 Å². The van der Waals surface area contributed by atoms with E-state index in [1.807, 2.05) is 13.8 Å². The van der Waals surface area contributed by atoms with Crippen molar-refractivity contribution >= 4 is 10.2 Å². The lowest BCUT2D eigenvalue weighted by molar-refractivity contribution is -0.0444. The lowest BCUT2D eigenvalue weighted by Crippen LogP contribution is -2.52. The molecule has 0 bridgehead atoms. The smallest absolute Gasteiger partial charge is 0.279 e. The molecule has 0 aromatic heterocycles. The maximum absolute atomic E-state index is 12.1. The number of methoxy groups -OCH3 is 1. The van der Waals surface area contributed by atoms with Crippen LogP contribution in [0.2, 0.25) is 0 Å². The van der Waals surface area contributed by atoms with E-state index in [4.69, 9.17) is 14.2 Å². The van der Waals surface area contributed by atoms with Gasteiger partial charge in [-0.3, -0.25) is 0 Å². The number of morpholine rings is 1. The molecule has 0 aromatic rings. The van der Waals surface area contributed by atoms with Crippen LogP contribution in [0.1, 0.15) is 20.3 Å². The molecule has 1 heterocycles. The maximum atomic E-state index is 12.1. The standard InChI is InChI=1S/C12H26N2O5S/c1-11-9-14(10-12(2)19-11)20(15,16)13-5-4-6-18-8-7-17-3/h11-13H,4-10H2,1-3H3. The van der Waals surface area contributed by atoms with Gasteiger partial charge in [0.05, 0.1) is 25.4 Å². The van der Waals surface area contributed by atoms with Crippen molar-refractivity contribution in [1.82, 2.24) is 9.03 Å². The first kappa shape index (κ1) is 17.8. The zero-order valence-corrected chi connectivity index (χ0v) is 13.3. The molecule has 7 nitrogen and oxygen atoms in total. The van der Waals surface area contributed by atoms with E-state index in [2.05, 4.69) is 4.72 Å². The second kappa shape index (κ2) is 8.91. The van der Waals surface area contributed by atoms with Gasteiger partial charge in [-0.15, -0.1) is 0 Å².